The number of fused-ring (bicyclic) bond motifs is 1. The SMILES string of the molecule is Cc1ccc([N+](=O)[O-])cc1NC(=O)COC(=O)C(CC(C)C)N1C(=O)c2ccccc2C1=O. The van der Waals surface area contributed by atoms with Crippen LogP contribution in [-0.2, 0) is 14.3 Å². The molecular weight excluding hydrogens is 430 g/mol. The van der Waals surface area contributed by atoms with Crippen LogP contribution in [0.15, 0.2) is 42.5 Å². The van der Waals surface area contributed by atoms with E-state index in [1.807, 2.05) is 13.8 Å². The first-order valence-electron chi connectivity index (χ1n) is 10.3. The normalized spacial score (nSPS) is 13.6. The summed E-state index contributed by atoms with van der Waals surface area (Å²) in [5.41, 5.74) is 1.02. The Balaban J connectivity index is 1.71. The second-order valence-electron chi connectivity index (χ2n) is 8.08. The highest BCUT2D eigenvalue weighted by molar-refractivity contribution is 6.22. The van der Waals surface area contributed by atoms with Crippen molar-refractivity contribution in [3.05, 3.63) is 69.3 Å². The highest BCUT2D eigenvalue weighted by Gasteiger charge is 2.43. The minimum absolute atomic E-state index is 0.0480. The summed E-state index contributed by atoms with van der Waals surface area (Å²) in [6.45, 7) is 4.64. The van der Waals surface area contributed by atoms with Gasteiger partial charge in [0.1, 0.15) is 6.04 Å². The number of nitrogens with zero attached hydrogens (tertiary/aromatic N) is 2. The van der Waals surface area contributed by atoms with Crippen LogP contribution in [0.25, 0.3) is 0 Å². The first-order chi connectivity index (χ1) is 15.6. The van der Waals surface area contributed by atoms with Crippen LogP contribution in [0.2, 0.25) is 0 Å². The standard InChI is InChI=1S/C23H23N3O7/c1-13(2)10-19(25-21(28)16-6-4-5-7-17(16)22(25)29)23(30)33-12-20(27)24-18-11-15(26(31)32)9-8-14(18)3/h4-9,11,13,19H,10,12H2,1-3H3,(H,24,27). The van der Waals surface area contributed by atoms with Crippen molar-refractivity contribution in [2.24, 2.45) is 5.92 Å². The van der Waals surface area contributed by atoms with Crippen molar-refractivity contribution in [2.75, 3.05) is 11.9 Å². The fourth-order valence-electron chi connectivity index (χ4n) is 3.52. The van der Waals surface area contributed by atoms with Gasteiger partial charge in [0.25, 0.3) is 23.4 Å². The van der Waals surface area contributed by atoms with Crippen molar-refractivity contribution < 1.29 is 28.8 Å². The van der Waals surface area contributed by atoms with Crippen molar-refractivity contribution in [1.82, 2.24) is 4.90 Å². The number of carbonyl (C=O) groups excluding carboxylic acids is 4. The molecule has 0 spiro atoms. The van der Waals surface area contributed by atoms with Crippen molar-refractivity contribution in [3.63, 3.8) is 0 Å². The molecule has 1 heterocycles. The lowest BCUT2D eigenvalue weighted by atomic mass is 10.0. The number of anilines is 1. The maximum Gasteiger partial charge on any atom is 0.329 e. The first kappa shape index (κ1) is 23.6. The van der Waals surface area contributed by atoms with E-state index in [2.05, 4.69) is 5.32 Å². The molecule has 1 unspecified atom stereocenters. The number of benzene rings is 2. The van der Waals surface area contributed by atoms with Gasteiger partial charge < -0.3 is 10.1 Å². The summed E-state index contributed by atoms with van der Waals surface area (Å²) in [6, 6.07) is 9.10. The number of rotatable bonds is 8. The van der Waals surface area contributed by atoms with Gasteiger partial charge in [-0.05, 0) is 37.0 Å². The molecule has 33 heavy (non-hydrogen) atoms. The van der Waals surface area contributed by atoms with Gasteiger partial charge in [0, 0.05) is 12.1 Å². The van der Waals surface area contributed by atoms with Gasteiger partial charge in [0.05, 0.1) is 21.7 Å². The number of nitro groups is 1. The molecule has 0 saturated carbocycles. The fraction of sp³-hybridized carbons (Fsp3) is 0.304. The summed E-state index contributed by atoms with van der Waals surface area (Å²) < 4.78 is 5.13. The number of imide groups is 1. The van der Waals surface area contributed by atoms with Crippen LogP contribution in [0.5, 0.6) is 0 Å². The molecule has 2 aromatic carbocycles. The summed E-state index contributed by atoms with van der Waals surface area (Å²) in [5, 5.41) is 13.4. The number of ether oxygens (including phenoxy) is 1. The van der Waals surface area contributed by atoms with Gasteiger partial charge >= 0.3 is 5.97 Å². The Morgan fingerprint density at radius 2 is 1.70 bits per heavy atom. The van der Waals surface area contributed by atoms with Gasteiger partial charge in [-0.25, -0.2) is 4.79 Å². The van der Waals surface area contributed by atoms with E-state index in [-0.39, 0.29) is 34.8 Å². The molecule has 10 nitrogen and oxygen atoms in total. The third-order valence-corrected chi connectivity index (χ3v) is 5.16. The molecule has 3 rings (SSSR count). The topological polar surface area (TPSA) is 136 Å². The molecule has 0 radical (unpaired) electrons. The zero-order chi connectivity index (χ0) is 24.3. The largest absolute Gasteiger partial charge is 0.454 e. The Hall–Kier alpha value is -4.08. The smallest absolute Gasteiger partial charge is 0.329 e. The number of esters is 1. The van der Waals surface area contributed by atoms with Crippen LogP contribution >= 0.6 is 0 Å². The minimum Gasteiger partial charge on any atom is -0.454 e. The number of aryl methyl sites for hydroxylation is 1. The van der Waals surface area contributed by atoms with E-state index in [1.165, 1.54) is 30.3 Å². The maximum absolute atomic E-state index is 12.8. The molecule has 0 saturated heterocycles. The molecule has 172 valence electrons. The number of amides is 3. The summed E-state index contributed by atoms with van der Waals surface area (Å²) >= 11 is 0. The quantitative estimate of drug-likeness (QED) is 0.281. The van der Waals surface area contributed by atoms with Crippen molar-refractivity contribution in [2.45, 2.75) is 33.2 Å². The number of hydrogen-bond acceptors (Lipinski definition) is 7. The second kappa shape index (κ2) is 9.60. The number of nitro benzene ring substituents is 1. The third-order valence-electron chi connectivity index (χ3n) is 5.16. The Kier molecular flexibility index (Phi) is 6.86. The molecule has 3 amide bonds. The Morgan fingerprint density at radius 1 is 1.09 bits per heavy atom. The molecule has 0 bridgehead atoms. The van der Waals surface area contributed by atoms with Crippen LogP contribution in [0.3, 0.4) is 0 Å². The highest BCUT2D eigenvalue weighted by atomic mass is 16.6. The monoisotopic (exact) mass is 453 g/mol. The third kappa shape index (κ3) is 5.05. The van der Waals surface area contributed by atoms with Gasteiger partial charge in [-0.1, -0.05) is 32.0 Å². The predicted molar refractivity (Wildman–Crippen MR) is 118 cm³/mol. The predicted octanol–water partition coefficient (Wildman–Crippen LogP) is 3.10. The average molecular weight is 453 g/mol. The lowest BCUT2D eigenvalue weighted by molar-refractivity contribution is -0.384. The van der Waals surface area contributed by atoms with Gasteiger partial charge in [-0.3, -0.25) is 29.4 Å². The number of carbonyl (C=O) groups is 4. The van der Waals surface area contributed by atoms with Crippen LogP contribution in [0, 0.1) is 23.0 Å². The maximum atomic E-state index is 12.8. The van der Waals surface area contributed by atoms with Crippen LogP contribution in [-0.4, -0.2) is 46.2 Å². The second-order valence-corrected chi connectivity index (χ2v) is 8.08. The number of non-ortho nitro benzene ring substituents is 1. The fourth-order valence-corrected chi connectivity index (χ4v) is 3.52. The molecule has 1 aliphatic heterocycles. The van der Waals surface area contributed by atoms with E-state index in [9.17, 15) is 29.3 Å². The van der Waals surface area contributed by atoms with E-state index in [4.69, 9.17) is 4.74 Å². The van der Waals surface area contributed by atoms with Crippen LogP contribution < -0.4 is 5.32 Å². The summed E-state index contributed by atoms with van der Waals surface area (Å²) in [7, 11) is 0. The van der Waals surface area contributed by atoms with Crippen molar-refractivity contribution in [1.29, 1.82) is 0 Å². The van der Waals surface area contributed by atoms with E-state index in [1.54, 1.807) is 19.1 Å². The highest BCUT2D eigenvalue weighted by Crippen LogP contribution is 2.27. The minimum atomic E-state index is -1.19. The van der Waals surface area contributed by atoms with Gasteiger partial charge in [-0.2, -0.15) is 0 Å². The molecule has 1 N–H and O–H groups in total. The van der Waals surface area contributed by atoms with Crippen LogP contribution in [0.1, 0.15) is 46.5 Å². The zero-order valence-electron chi connectivity index (χ0n) is 18.4. The van der Waals surface area contributed by atoms with E-state index >= 15 is 0 Å². The average Bonchev–Trinajstić information content (AvgIpc) is 3.02. The molecule has 1 atom stereocenters. The lowest BCUT2D eigenvalue weighted by Gasteiger charge is -2.25. The van der Waals surface area contributed by atoms with E-state index < -0.39 is 41.3 Å². The van der Waals surface area contributed by atoms with Crippen LogP contribution in [0.4, 0.5) is 11.4 Å². The first-order valence-corrected chi connectivity index (χ1v) is 10.3. The molecule has 10 heteroatoms. The van der Waals surface area contributed by atoms with Crippen molar-refractivity contribution in [3.8, 4) is 0 Å². The molecular formula is C23H23N3O7. The van der Waals surface area contributed by atoms with Crippen molar-refractivity contribution >= 4 is 35.1 Å². The molecule has 0 fully saturated rings. The Bertz CT molecular complexity index is 1110. The summed E-state index contributed by atoms with van der Waals surface area (Å²) in [4.78, 5) is 62.0. The number of hydrogen-bond donors (Lipinski definition) is 1. The Labute approximate surface area is 189 Å². The molecule has 2 aromatic rings. The summed E-state index contributed by atoms with van der Waals surface area (Å²) in [5.74, 6) is -2.82. The zero-order valence-corrected chi connectivity index (χ0v) is 18.4. The lowest BCUT2D eigenvalue weighted by Crippen LogP contribution is -2.46. The number of nitrogens with one attached hydrogen (secondary N) is 1. The molecule has 1 aliphatic rings. The molecule has 0 aromatic heterocycles. The summed E-state index contributed by atoms with van der Waals surface area (Å²) in [6.07, 6.45) is 0.163. The Morgan fingerprint density at radius 3 is 2.24 bits per heavy atom. The van der Waals surface area contributed by atoms with Gasteiger partial charge in [0.2, 0.25) is 0 Å². The van der Waals surface area contributed by atoms with Gasteiger partial charge in [0.15, 0.2) is 6.61 Å². The van der Waals surface area contributed by atoms with Gasteiger partial charge in [-0.15, -0.1) is 0 Å². The van der Waals surface area contributed by atoms with E-state index in [0.29, 0.717) is 5.56 Å². The molecule has 0 aliphatic carbocycles. The van der Waals surface area contributed by atoms with E-state index in [0.717, 1.165) is 4.90 Å².